The fraction of sp³-hybridized carbons (Fsp3) is 0.769. The van der Waals surface area contributed by atoms with Crippen molar-refractivity contribution in [3.63, 3.8) is 0 Å². The van der Waals surface area contributed by atoms with Gasteiger partial charge in [-0.2, -0.15) is 0 Å². The van der Waals surface area contributed by atoms with Gasteiger partial charge in [0.15, 0.2) is 0 Å². The zero-order chi connectivity index (χ0) is 11.4. The number of hydrogen-bond acceptors (Lipinski definition) is 2. The molecule has 1 aliphatic carbocycles. The third-order valence-corrected chi connectivity index (χ3v) is 3.23. The number of fused-ring (bicyclic) bond motifs is 1. The van der Waals surface area contributed by atoms with Gasteiger partial charge in [-0.05, 0) is 39.0 Å². The van der Waals surface area contributed by atoms with Crippen molar-refractivity contribution in [2.75, 3.05) is 13.2 Å². The maximum Gasteiger partial charge on any atom is 0.106 e. The van der Waals surface area contributed by atoms with Crippen LogP contribution in [0, 0.1) is 6.92 Å². The normalized spacial score (nSPS) is 15.1. The predicted molar refractivity (Wildman–Crippen MR) is 64.7 cm³/mol. The Morgan fingerprint density at radius 1 is 1.25 bits per heavy atom. The van der Waals surface area contributed by atoms with E-state index < -0.39 is 0 Å². The van der Waals surface area contributed by atoms with Crippen LogP contribution in [0.2, 0.25) is 0 Å². The zero-order valence-corrected chi connectivity index (χ0v) is 10.5. The summed E-state index contributed by atoms with van der Waals surface area (Å²) in [6.07, 6.45) is 6.08. The molecule has 1 aromatic heterocycles. The maximum absolute atomic E-state index is 5.55. The van der Waals surface area contributed by atoms with Gasteiger partial charge in [0.2, 0.25) is 0 Å². The van der Waals surface area contributed by atoms with Crippen LogP contribution in [0.15, 0.2) is 0 Å². The quantitative estimate of drug-likeness (QED) is 0.716. The van der Waals surface area contributed by atoms with E-state index >= 15 is 0 Å². The maximum atomic E-state index is 5.55. The Kier molecular flexibility index (Phi) is 3.99. The minimum absolute atomic E-state index is 0.817. The molecular formula is C13H22N2O. The molecular weight excluding hydrogens is 200 g/mol. The van der Waals surface area contributed by atoms with E-state index in [9.17, 15) is 0 Å². The standard InChI is InChI=1S/C13H22N2O/c1-3-9-16-10-8-15-11(2)14-12-6-4-5-7-13(12)15/h3-10H2,1-2H3. The van der Waals surface area contributed by atoms with Crippen LogP contribution in [-0.4, -0.2) is 22.8 Å². The molecule has 1 aliphatic rings. The number of nitrogens with zero attached hydrogens (tertiary/aromatic N) is 2. The fourth-order valence-electron chi connectivity index (χ4n) is 2.43. The van der Waals surface area contributed by atoms with Gasteiger partial charge >= 0.3 is 0 Å². The Labute approximate surface area is 97.8 Å². The molecule has 3 nitrogen and oxygen atoms in total. The van der Waals surface area contributed by atoms with E-state index in [0.717, 1.165) is 32.0 Å². The molecule has 90 valence electrons. The van der Waals surface area contributed by atoms with Crippen molar-refractivity contribution in [3.05, 3.63) is 17.2 Å². The molecule has 0 bridgehead atoms. The molecule has 0 radical (unpaired) electrons. The number of rotatable bonds is 5. The van der Waals surface area contributed by atoms with E-state index in [1.54, 1.807) is 0 Å². The number of ether oxygens (including phenoxy) is 1. The smallest absolute Gasteiger partial charge is 0.106 e. The Balaban J connectivity index is 1.99. The number of aryl methyl sites for hydroxylation is 2. The summed E-state index contributed by atoms with van der Waals surface area (Å²) in [6, 6.07) is 0. The lowest BCUT2D eigenvalue weighted by Gasteiger charge is -2.14. The van der Waals surface area contributed by atoms with Crippen LogP contribution in [0.1, 0.15) is 43.4 Å². The van der Waals surface area contributed by atoms with Gasteiger partial charge in [0.05, 0.1) is 12.3 Å². The Morgan fingerprint density at radius 3 is 2.88 bits per heavy atom. The summed E-state index contributed by atoms with van der Waals surface area (Å²) < 4.78 is 7.90. The van der Waals surface area contributed by atoms with Crippen LogP contribution in [-0.2, 0) is 24.1 Å². The molecule has 0 spiro atoms. The zero-order valence-electron chi connectivity index (χ0n) is 10.5. The molecule has 3 heteroatoms. The summed E-state index contributed by atoms with van der Waals surface area (Å²) in [5.41, 5.74) is 2.79. The van der Waals surface area contributed by atoms with Crippen molar-refractivity contribution in [1.82, 2.24) is 9.55 Å². The van der Waals surface area contributed by atoms with Crippen molar-refractivity contribution in [2.45, 2.75) is 52.5 Å². The average molecular weight is 222 g/mol. The van der Waals surface area contributed by atoms with Gasteiger partial charge in [0.25, 0.3) is 0 Å². The fourth-order valence-corrected chi connectivity index (χ4v) is 2.43. The van der Waals surface area contributed by atoms with E-state index in [2.05, 4.69) is 23.4 Å². The van der Waals surface area contributed by atoms with Crippen LogP contribution in [0.3, 0.4) is 0 Å². The van der Waals surface area contributed by atoms with Crippen molar-refractivity contribution >= 4 is 0 Å². The van der Waals surface area contributed by atoms with E-state index in [4.69, 9.17) is 4.74 Å². The minimum Gasteiger partial charge on any atom is -0.380 e. The van der Waals surface area contributed by atoms with Crippen LogP contribution in [0.25, 0.3) is 0 Å². The second-order valence-corrected chi connectivity index (χ2v) is 4.52. The number of aromatic nitrogens is 2. The lowest BCUT2D eigenvalue weighted by atomic mass is 10.0. The Hall–Kier alpha value is -0.830. The monoisotopic (exact) mass is 222 g/mol. The molecule has 0 unspecified atom stereocenters. The van der Waals surface area contributed by atoms with Crippen LogP contribution in [0.5, 0.6) is 0 Å². The largest absolute Gasteiger partial charge is 0.380 e. The third-order valence-electron chi connectivity index (χ3n) is 3.23. The SMILES string of the molecule is CCCOCCn1c(C)nc2c1CCCC2. The van der Waals surface area contributed by atoms with Gasteiger partial charge in [0, 0.05) is 18.8 Å². The first kappa shape index (κ1) is 11.6. The molecule has 0 saturated carbocycles. The highest BCUT2D eigenvalue weighted by Crippen LogP contribution is 2.21. The summed E-state index contributed by atoms with van der Waals surface area (Å²) in [4.78, 5) is 4.66. The van der Waals surface area contributed by atoms with Crippen LogP contribution in [0.4, 0.5) is 0 Å². The van der Waals surface area contributed by atoms with Gasteiger partial charge in [-0.3, -0.25) is 0 Å². The van der Waals surface area contributed by atoms with Crippen molar-refractivity contribution in [3.8, 4) is 0 Å². The first-order valence-electron chi connectivity index (χ1n) is 6.45. The van der Waals surface area contributed by atoms with E-state index in [1.165, 1.54) is 37.1 Å². The molecule has 16 heavy (non-hydrogen) atoms. The molecule has 1 aromatic rings. The molecule has 0 saturated heterocycles. The van der Waals surface area contributed by atoms with E-state index in [-0.39, 0.29) is 0 Å². The molecule has 1 heterocycles. The summed E-state index contributed by atoms with van der Waals surface area (Å²) >= 11 is 0. The highest BCUT2D eigenvalue weighted by Gasteiger charge is 2.17. The first-order valence-corrected chi connectivity index (χ1v) is 6.45. The summed E-state index contributed by atoms with van der Waals surface area (Å²) in [5, 5.41) is 0. The number of imidazole rings is 1. The highest BCUT2D eigenvalue weighted by molar-refractivity contribution is 5.19. The topological polar surface area (TPSA) is 27.1 Å². The van der Waals surface area contributed by atoms with E-state index in [0.29, 0.717) is 0 Å². The third kappa shape index (κ3) is 2.46. The van der Waals surface area contributed by atoms with Crippen LogP contribution < -0.4 is 0 Å². The van der Waals surface area contributed by atoms with Crippen molar-refractivity contribution in [2.24, 2.45) is 0 Å². The summed E-state index contributed by atoms with van der Waals surface area (Å²) in [6.45, 7) is 6.91. The lowest BCUT2D eigenvalue weighted by Crippen LogP contribution is -2.13. The van der Waals surface area contributed by atoms with Gasteiger partial charge in [-0.15, -0.1) is 0 Å². The predicted octanol–water partition coefficient (Wildman–Crippen LogP) is 2.50. The highest BCUT2D eigenvalue weighted by atomic mass is 16.5. The summed E-state index contributed by atoms with van der Waals surface area (Å²) in [7, 11) is 0. The molecule has 0 fully saturated rings. The second kappa shape index (κ2) is 5.48. The first-order chi connectivity index (χ1) is 7.83. The lowest BCUT2D eigenvalue weighted by molar-refractivity contribution is 0.126. The average Bonchev–Trinajstić information content (AvgIpc) is 2.61. The molecule has 0 aromatic carbocycles. The molecule has 2 rings (SSSR count). The van der Waals surface area contributed by atoms with Gasteiger partial charge in [-0.1, -0.05) is 6.92 Å². The molecule has 0 aliphatic heterocycles. The molecule has 0 amide bonds. The minimum atomic E-state index is 0.817. The molecule has 0 atom stereocenters. The van der Waals surface area contributed by atoms with Crippen LogP contribution >= 0.6 is 0 Å². The van der Waals surface area contributed by atoms with Gasteiger partial charge in [-0.25, -0.2) is 4.98 Å². The second-order valence-electron chi connectivity index (χ2n) is 4.52. The van der Waals surface area contributed by atoms with Gasteiger partial charge in [0.1, 0.15) is 5.82 Å². The van der Waals surface area contributed by atoms with Crippen molar-refractivity contribution in [1.29, 1.82) is 0 Å². The van der Waals surface area contributed by atoms with Crippen molar-refractivity contribution < 1.29 is 4.74 Å². The Morgan fingerprint density at radius 2 is 2.06 bits per heavy atom. The van der Waals surface area contributed by atoms with E-state index in [1.807, 2.05) is 0 Å². The summed E-state index contributed by atoms with van der Waals surface area (Å²) in [5.74, 6) is 1.16. The molecule has 0 N–H and O–H groups in total. The number of hydrogen-bond donors (Lipinski definition) is 0. The van der Waals surface area contributed by atoms with Gasteiger partial charge < -0.3 is 9.30 Å². The Bertz CT molecular complexity index is 344.